The Balaban J connectivity index is 2.66. The lowest BCUT2D eigenvalue weighted by Gasteiger charge is -1.97. The first kappa shape index (κ1) is 10.6. The molecule has 0 fully saturated rings. The first-order valence-electron chi connectivity index (χ1n) is 4.40. The van der Waals surface area contributed by atoms with E-state index in [9.17, 15) is 4.79 Å². The molecule has 15 heavy (non-hydrogen) atoms. The van der Waals surface area contributed by atoms with E-state index in [0.717, 1.165) is 14.6 Å². The summed E-state index contributed by atoms with van der Waals surface area (Å²) in [6.07, 6.45) is 0. The van der Waals surface area contributed by atoms with Crippen molar-refractivity contribution >= 4 is 43.3 Å². The van der Waals surface area contributed by atoms with Crippen LogP contribution in [0.5, 0.6) is 0 Å². The zero-order chi connectivity index (χ0) is 11.0. The first-order valence-corrected chi connectivity index (χ1v) is 6.01. The molecule has 1 heterocycles. The minimum absolute atomic E-state index is 0.277. The molecule has 0 aliphatic rings. The zero-order valence-electron chi connectivity index (χ0n) is 8.33. The molecule has 0 saturated carbocycles. The molecule has 1 aromatic heterocycles. The number of aryl methyl sites for hydroxylation is 1. The standard InChI is InChI=1S/C11H9BrO2S/c1-6-3-4-7-5-8(11(13)14-2)15-10(7)9(6)12/h3-5H,1-2H3. The summed E-state index contributed by atoms with van der Waals surface area (Å²) in [6, 6.07) is 5.90. The van der Waals surface area contributed by atoms with Gasteiger partial charge < -0.3 is 4.74 Å². The van der Waals surface area contributed by atoms with Gasteiger partial charge in [0.05, 0.1) is 7.11 Å². The van der Waals surface area contributed by atoms with Crippen LogP contribution in [0.1, 0.15) is 15.2 Å². The molecule has 2 aromatic rings. The number of thiophene rings is 1. The molecular weight excluding hydrogens is 276 g/mol. The molecule has 2 nitrogen and oxygen atoms in total. The molecule has 0 spiro atoms. The molecule has 0 atom stereocenters. The van der Waals surface area contributed by atoms with Crippen LogP contribution >= 0.6 is 27.3 Å². The Hall–Kier alpha value is -0.870. The van der Waals surface area contributed by atoms with Crippen LogP contribution in [0.3, 0.4) is 0 Å². The van der Waals surface area contributed by atoms with Gasteiger partial charge in [0, 0.05) is 9.17 Å². The van der Waals surface area contributed by atoms with Crippen molar-refractivity contribution in [2.45, 2.75) is 6.92 Å². The lowest BCUT2D eigenvalue weighted by Crippen LogP contribution is -1.96. The van der Waals surface area contributed by atoms with Gasteiger partial charge in [0.2, 0.25) is 0 Å². The van der Waals surface area contributed by atoms with Crippen molar-refractivity contribution in [3.05, 3.63) is 33.1 Å². The Bertz CT molecular complexity index is 531. The molecule has 0 bridgehead atoms. The molecule has 78 valence electrons. The fourth-order valence-corrected chi connectivity index (χ4v) is 3.04. The molecular formula is C11H9BrO2S. The molecule has 0 radical (unpaired) electrons. The molecule has 0 aliphatic carbocycles. The van der Waals surface area contributed by atoms with Crippen molar-refractivity contribution in [1.29, 1.82) is 0 Å². The maximum atomic E-state index is 11.4. The van der Waals surface area contributed by atoms with Crippen LogP contribution < -0.4 is 0 Å². The van der Waals surface area contributed by atoms with E-state index in [4.69, 9.17) is 4.74 Å². The summed E-state index contributed by atoms with van der Waals surface area (Å²) in [5.74, 6) is -0.277. The smallest absolute Gasteiger partial charge is 0.348 e. The van der Waals surface area contributed by atoms with Crippen LogP contribution in [0.25, 0.3) is 10.1 Å². The van der Waals surface area contributed by atoms with Crippen LogP contribution in [0, 0.1) is 6.92 Å². The van der Waals surface area contributed by atoms with Crippen LogP contribution in [-0.2, 0) is 4.74 Å². The summed E-state index contributed by atoms with van der Waals surface area (Å²) in [4.78, 5) is 12.0. The van der Waals surface area contributed by atoms with Crippen molar-refractivity contribution in [3.8, 4) is 0 Å². The lowest BCUT2D eigenvalue weighted by molar-refractivity contribution is 0.0606. The van der Waals surface area contributed by atoms with Crippen LogP contribution in [0.4, 0.5) is 0 Å². The number of methoxy groups -OCH3 is 1. The van der Waals surface area contributed by atoms with E-state index in [2.05, 4.69) is 15.9 Å². The molecule has 0 amide bonds. The minimum atomic E-state index is -0.277. The topological polar surface area (TPSA) is 26.3 Å². The Morgan fingerprint density at radius 1 is 1.47 bits per heavy atom. The fraction of sp³-hybridized carbons (Fsp3) is 0.182. The average molecular weight is 285 g/mol. The number of benzene rings is 1. The largest absolute Gasteiger partial charge is 0.465 e. The highest BCUT2D eigenvalue weighted by molar-refractivity contribution is 9.10. The van der Waals surface area contributed by atoms with Gasteiger partial charge in [-0.3, -0.25) is 0 Å². The van der Waals surface area contributed by atoms with Crippen molar-refractivity contribution in [2.75, 3.05) is 7.11 Å². The van der Waals surface area contributed by atoms with E-state index in [1.165, 1.54) is 24.0 Å². The molecule has 0 aliphatic heterocycles. The number of carbonyl (C=O) groups excluding carboxylic acids is 1. The van der Waals surface area contributed by atoms with E-state index in [1.807, 2.05) is 25.1 Å². The van der Waals surface area contributed by atoms with Gasteiger partial charge in [-0.2, -0.15) is 0 Å². The second kappa shape index (κ2) is 3.94. The molecule has 1 aromatic carbocycles. The van der Waals surface area contributed by atoms with E-state index in [1.54, 1.807) is 0 Å². The van der Waals surface area contributed by atoms with Gasteiger partial charge in [-0.25, -0.2) is 4.79 Å². The number of halogens is 1. The van der Waals surface area contributed by atoms with Gasteiger partial charge in [-0.15, -0.1) is 11.3 Å². The SMILES string of the molecule is COC(=O)c1cc2ccc(C)c(Br)c2s1. The molecule has 0 N–H and O–H groups in total. The highest BCUT2D eigenvalue weighted by atomic mass is 79.9. The molecule has 0 unspecified atom stereocenters. The Labute approximate surface area is 100.0 Å². The van der Waals surface area contributed by atoms with Gasteiger partial charge >= 0.3 is 5.97 Å². The number of esters is 1. The second-order valence-corrected chi connectivity index (χ2v) is 5.06. The van der Waals surface area contributed by atoms with Crippen LogP contribution in [-0.4, -0.2) is 13.1 Å². The Kier molecular flexibility index (Phi) is 2.80. The predicted octanol–water partition coefficient (Wildman–Crippen LogP) is 3.76. The van der Waals surface area contributed by atoms with E-state index in [0.29, 0.717) is 4.88 Å². The summed E-state index contributed by atoms with van der Waals surface area (Å²) in [5, 5.41) is 1.07. The summed E-state index contributed by atoms with van der Waals surface area (Å²) >= 11 is 4.97. The number of fused-ring (bicyclic) bond motifs is 1. The van der Waals surface area contributed by atoms with Gasteiger partial charge in [0.25, 0.3) is 0 Å². The Morgan fingerprint density at radius 2 is 2.20 bits per heavy atom. The summed E-state index contributed by atoms with van der Waals surface area (Å²) in [5.41, 5.74) is 1.17. The van der Waals surface area contributed by atoms with Gasteiger partial charge in [0.1, 0.15) is 4.88 Å². The zero-order valence-corrected chi connectivity index (χ0v) is 10.7. The predicted molar refractivity (Wildman–Crippen MR) is 65.6 cm³/mol. The third-order valence-electron chi connectivity index (χ3n) is 2.21. The monoisotopic (exact) mass is 284 g/mol. The molecule has 2 rings (SSSR count). The van der Waals surface area contributed by atoms with Crippen molar-refractivity contribution < 1.29 is 9.53 Å². The highest BCUT2D eigenvalue weighted by Gasteiger charge is 2.12. The Morgan fingerprint density at radius 3 is 2.87 bits per heavy atom. The number of rotatable bonds is 1. The fourth-order valence-electron chi connectivity index (χ4n) is 1.37. The van der Waals surface area contributed by atoms with Crippen LogP contribution in [0.15, 0.2) is 22.7 Å². The normalized spacial score (nSPS) is 10.6. The number of hydrogen-bond donors (Lipinski definition) is 0. The maximum Gasteiger partial charge on any atom is 0.348 e. The lowest BCUT2D eigenvalue weighted by atomic mass is 10.2. The van der Waals surface area contributed by atoms with Crippen molar-refractivity contribution in [2.24, 2.45) is 0 Å². The van der Waals surface area contributed by atoms with E-state index < -0.39 is 0 Å². The van der Waals surface area contributed by atoms with Gasteiger partial charge in [0.15, 0.2) is 0 Å². The molecule has 0 saturated heterocycles. The van der Waals surface area contributed by atoms with Gasteiger partial charge in [-0.1, -0.05) is 12.1 Å². The minimum Gasteiger partial charge on any atom is -0.465 e. The number of ether oxygens (including phenoxy) is 1. The van der Waals surface area contributed by atoms with Crippen molar-refractivity contribution in [1.82, 2.24) is 0 Å². The van der Waals surface area contributed by atoms with Crippen LogP contribution in [0.2, 0.25) is 0 Å². The third kappa shape index (κ3) is 1.79. The first-order chi connectivity index (χ1) is 7.13. The van der Waals surface area contributed by atoms with Crippen molar-refractivity contribution in [3.63, 3.8) is 0 Å². The third-order valence-corrected chi connectivity index (χ3v) is 4.64. The number of carbonyl (C=O) groups is 1. The average Bonchev–Trinajstić information content (AvgIpc) is 2.67. The van der Waals surface area contributed by atoms with Gasteiger partial charge in [-0.05, 0) is 39.9 Å². The molecule has 4 heteroatoms. The second-order valence-electron chi connectivity index (χ2n) is 3.22. The summed E-state index contributed by atoms with van der Waals surface area (Å²) in [7, 11) is 1.40. The quantitative estimate of drug-likeness (QED) is 0.746. The van der Waals surface area contributed by atoms with E-state index in [-0.39, 0.29) is 5.97 Å². The summed E-state index contributed by atoms with van der Waals surface area (Å²) < 4.78 is 6.84. The highest BCUT2D eigenvalue weighted by Crippen LogP contribution is 2.34. The van der Waals surface area contributed by atoms with E-state index >= 15 is 0 Å². The number of hydrogen-bond acceptors (Lipinski definition) is 3. The summed E-state index contributed by atoms with van der Waals surface area (Å²) in [6.45, 7) is 2.03. The maximum absolute atomic E-state index is 11.4.